The van der Waals surface area contributed by atoms with Crippen LogP contribution in [0.5, 0.6) is 11.6 Å². The molecule has 1 aromatic heterocycles. The molecule has 1 aliphatic rings. The van der Waals surface area contributed by atoms with Crippen LogP contribution in [0.25, 0.3) is 0 Å². The Labute approximate surface area is 138 Å². The van der Waals surface area contributed by atoms with E-state index in [1.807, 2.05) is 37.3 Å². The van der Waals surface area contributed by atoms with Gasteiger partial charge in [0.15, 0.2) is 0 Å². The number of nitrogen functional groups attached to an aromatic ring is 1. The van der Waals surface area contributed by atoms with Crippen LogP contribution in [0.2, 0.25) is 0 Å². The van der Waals surface area contributed by atoms with Crippen LogP contribution in [0.15, 0.2) is 30.3 Å². The Morgan fingerprint density at radius 3 is 2.13 bits per heavy atom. The minimum Gasteiger partial charge on any atom is -0.439 e. The van der Waals surface area contributed by atoms with Crippen molar-refractivity contribution < 1.29 is 4.74 Å². The molecule has 0 unspecified atom stereocenters. The number of ether oxygens (including phenoxy) is 1. The van der Waals surface area contributed by atoms with Crippen molar-refractivity contribution in [1.29, 1.82) is 0 Å². The molecular formula is C19H25N3O. The second kappa shape index (κ2) is 4.70. The molecule has 23 heavy (non-hydrogen) atoms. The third kappa shape index (κ3) is 2.04. The molecule has 2 aromatic rings. The Balaban J connectivity index is 2.00. The minimum atomic E-state index is -0.0547. The maximum absolute atomic E-state index is 5.96. The van der Waals surface area contributed by atoms with Crippen molar-refractivity contribution >= 4 is 5.95 Å². The van der Waals surface area contributed by atoms with Crippen molar-refractivity contribution in [2.75, 3.05) is 5.73 Å². The number of nitrogens with two attached hydrogens (primary N) is 1. The Kier molecular flexibility index (Phi) is 3.22. The van der Waals surface area contributed by atoms with Gasteiger partial charge in [0.25, 0.3) is 0 Å². The van der Waals surface area contributed by atoms with Gasteiger partial charge in [0.2, 0.25) is 11.8 Å². The summed E-state index contributed by atoms with van der Waals surface area (Å²) in [5.41, 5.74) is 8.18. The Morgan fingerprint density at radius 1 is 0.957 bits per heavy atom. The number of hydrogen-bond acceptors (Lipinski definition) is 4. The number of nitrogens with zero attached hydrogens (tertiary/aromatic N) is 2. The first-order valence-electron chi connectivity index (χ1n) is 8.00. The van der Waals surface area contributed by atoms with E-state index in [2.05, 4.69) is 44.6 Å². The van der Waals surface area contributed by atoms with Gasteiger partial charge in [0.05, 0.1) is 5.69 Å². The molecule has 0 spiro atoms. The zero-order valence-electron chi connectivity index (χ0n) is 14.8. The Hall–Kier alpha value is -2.10. The number of hydrogen-bond donors (Lipinski definition) is 1. The molecule has 0 bridgehead atoms. The predicted octanol–water partition coefficient (Wildman–Crippen LogP) is 4.48. The second-order valence-corrected chi connectivity index (χ2v) is 7.69. The van der Waals surface area contributed by atoms with Gasteiger partial charge in [0, 0.05) is 11.5 Å². The van der Waals surface area contributed by atoms with Crippen LogP contribution >= 0.6 is 0 Å². The highest BCUT2D eigenvalue weighted by Crippen LogP contribution is 2.77. The molecule has 4 nitrogen and oxygen atoms in total. The van der Waals surface area contributed by atoms with E-state index >= 15 is 0 Å². The molecule has 1 aliphatic carbocycles. The highest BCUT2D eigenvalue weighted by atomic mass is 16.5. The van der Waals surface area contributed by atoms with Crippen molar-refractivity contribution in [2.45, 2.75) is 47.0 Å². The van der Waals surface area contributed by atoms with Gasteiger partial charge in [-0.15, -0.1) is 0 Å². The van der Waals surface area contributed by atoms with Crippen molar-refractivity contribution in [3.05, 3.63) is 41.6 Å². The van der Waals surface area contributed by atoms with Gasteiger partial charge in [-0.2, -0.15) is 4.98 Å². The quantitative estimate of drug-likeness (QED) is 0.907. The fourth-order valence-electron chi connectivity index (χ4n) is 3.77. The molecule has 0 aliphatic heterocycles. The van der Waals surface area contributed by atoms with Crippen molar-refractivity contribution in [2.24, 2.45) is 10.8 Å². The average molecular weight is 311 g/mol. The molecule has 122 valence electrons. The monoisotopic (exact) mass is 311 g/mol. The third-order valence-corrected chi connectivity index (χ3v) is 6.54. The van der Waals surface area contributed by atoms with E-state index in [0.717, 1.165) is 17.0 Å². The lowest BCUT2D eigenvalue weighted by Gasteiger charge is -2.17. The molecule has 1 saturated carbocycles. The molecule has 2 N–H and O–H groups in total. The van der Waals surface area contributed by atoms with Crippen LogP contribution in [0.4, 0.5) is 5.95 Å². The summed E-state index contributed by atoms with van der Waals surface area (Å²) < 4.78 is 5.96. The van der Waals surface area contributed by atoms with E-state index in [1.165, 1.54) is 0 Å². The van der Waals surface area contributed by atoms with Gasteiger partial charge in [-0.1, -0.05) is 52.8 Å². The molecule has 0 amide bonds. The van der Waals surface area contributed by atoms with Crippen LogP contribution in [0, 0.1) is 17.8 Å². The third-order valence-electron chi connectivity index (χ3n) is 6.54. The predicted molar refractivity (Wildman–Crippen MR) is 92.6 cm³/mol. The van der Waals surface area contributed by atoms with Gasteiger partial charge in [-0.05, 0) is 29.4 Å². The van der Waals surface area contributed by atoms with E-state index in [4.69, 9.17) is 10.5 Å². The SMILES string of the molecule is Cc1ccccc1Oc1cc(C2(C)C(C)(C)C2(C)C)nc(N)n1. The summed E-state index contributed by atoms with van der Waals surface area (Å²) >= 11 is 0. The topological polar surface area (TPSA) is 61.0 Å². The first-order valence-corrected chi connectivity index (χ1v) is 8.00. The van der Waals surface area contributed by atoms with Crippen molar-refractivity contribution in [3.8, 4) is 11.6 Å². The number of benzene rings is 1. The van der Waals surface area contributed by atoms with E-state index < -0.39 is 0 Å². The number of para-hydroxylation sites is 1. The average Bonchev–Trinajstić information content (AvgIpc) is 2.79. The zero-order chi connectivity index (χ0) is 17.0. The first kappa shape index (κ1) is 15.8. The number of anilines is 1. The summed E-state index contributed by atoms with van der Waals surface area (Å²) in [5.74, 6) is 1.54. The van der Waals surface area contributed by atoms with Gasteiger partial charge in [-0.25, -0.2) is 4.98 Å². The maximum Gasteiger partial charge on any atom is 0.224 e. The molecular weight excluding hydrogens is 286 g/mol. The number of aromatic nitrogens is 2. The maximum atomic E-state index is 5.96. The fourth-order valence-corrected chi connectivity index (χ4v) is 3.77. The van der Waals surface area contributed by atoms with Crippen LogP contribution in [0.3, 0.4) is 0 Å². The first-order chi connectivity index (χ1) is 10.6. The van der Waals surface area contributed by atoms with E-state index in [9.17, 15) is 0 Å². The molecule has 1 aromatic carbocycles. The van der Waals surface area contributed by atoms with Crippen LogP contribution in [-0.2, 0) is 5.41 Å². The van der Waals surface area contributed by atoms with Gasteiger partial charge >= 0.3 is 0 Å². The van der Waals surface area contributed by atoms with E-state index in [0.29, 0.717) is 5.88 Å². The van der Waals surface area contributed by atoms with E-state index in [1.54, 1.807) is 0 Å². The molecule has 3 rings (SSSR count). The fraction of sp³-hybridized carbons (Fsp3) is 0.474. The van der Waals surface area contributed by atoms with Crippen molar-refractivity contribution in [1.82, 2.24) is 9.97 Å². The summed E-state index contributed by atoms with van der Waals surface area (Å²) in [7, 11) is 0. The summed E-state index contributed by atoms with van der Waals surface area (Å²) in [4.78, 5) is 8.76. The lowest BCUT2D eigenvalue weighted by atomic mass is 9.93. The smallest absolute Gasteiger partial charge is 0.224 e. The number of rotatable bonds is 3. The van der Waals surface area contributed by atoms with Crippen molar-refractivity contribution in [3.63, 3.8) is 0 Å². The standard InChI is InChI=1S/C19H25N3O/c1-12-9-7-8-10-13(12)23-15-11-14(21-16(20)22-15)19(6)17(2,3)18(19,4)5/h7-11H,1-6H3,(H2,20,21,22). The lowest BCUT2D eigenvalue weighted by molar-refractivity contribution is 0.452. The largest absolute Gasteiger partial charge is 0.439 e. The molecule has 4 heteroatoms. The van der Waals surface area contributed by atoms with Crippen LogP contribution in [-0.4, -0.2) is 9.97 Å². The van der Waals surface area contributed by atoms with Gasteiger partial charge in [0.1, 0.15) is 5.75 Å². The molecule has 0 radical (unpaired) electrons. The highest BCUT2D eigenvalue weighted by Gasteiger charge is 2.75. The molecule has 0 atom stereocenters. The Bertz CT molecular complexity index is 751. The lowest BCUT2D eigenvalue weighted by Crippen LogP contribution is -2.15. The van der Waals surface area contributed by atoms with Gasteiger partial charge in [-0.3, -0.25) is 0 Å². The van der Waals surface area contributed by atoms with Gasteiger partial charge < -0.3 is 10.5 Å². The normalized spacial score (nSPS) is 20.1. The molecule has 1 heterocycles. The highest BCUT2D eigenvalue weighted by molar-refractivity contribution is 5.44. The van der Waals surface area contributed by atoms with Crippen LogP contribution < -0.4 is 10.5 Å². The summed E-state index contributed by atoms with van der Waals surface area (Å²) in [6, 6.07) is 9.80. The minimum absolute atomic E-state index is 0.0547. The Morgan fingerprint density at radius 2 is 1.57 bits per heavy atom. The second-order valence-electron chi connectivity index (χ2n) is 7.69. The molecule has 1 fully saturated rings. The summed E-state index contributed by atoms with van der Waals surface area (Å²) in [6.07, 6.45) is 0. The number of aryl methyl sites for hydroxylation is 1. The molecule has 0 saturated heterocycles. The summed E-state index contributed by atoms with van der Waals surface area (Å²) in [6.45, 7) is 13.3. The van der Waals surface area contributed by atoms with E-state index in [-0.39, 0.29) is 22.2 Å². The summed E-state index contributed by atoms with van der Waals surface area (Å²) in [5, 5.41) is 0. The van der Waals surface area contributed by atoms with Crippen LogP contribution in [0.1, 0.15) is 45.9 Å². The zero-order valence-corrected chi connectivity index (χ0v) is 14.8.